The highest BCUT2D eigenvalue weighted by atomic mass is 28.4. The summed E-state index contributed by atoms with van der Waals surface area (Å²) in [4.78, 5) is 11.4. The molecule has 1 atom stereocenters. The average Bonchev–Trinajstić information content (AvgIpc) is 2.50. The van der Waals surface area contributed by atoms with Crippen molar-refractivity contribution in [3.8, 4) is 0 Å². The molecule has 0 aromatic heterocycles. The molecule has 122 valence electrons. The van der Waals surface area contributed by atoms with Gasteiger partial charge in [-0.2, -0.15) is 0 Å². The lowest BCUT2D eigenvalue weighted by Crippen LogP contribution is -2.33. The zero-order valence-electron chi connectivity index (χ0n) is 14.6. The van der Waals surface area contributed by atoms with Gasteiger partial charge in [0.05, 0.1) is 13.4 Å². The van der Waals surface area contributed by atoms with Crippen molar-refractivity contribution in [3.05, 3.63) is 24.0 Å². The molecule has 0 aromatic rings. The van der Waals surface area contributed by atoms with Crippen LogP contribution >= 0.6 is 0 Å². The highest BCUT2D eigenvalue weighted by molar-refractivity contribution is 6.73. The van der Waals surface area contributed by atoms with Gasteiger partial charge in [-0.1, -0.05) is 39.7 Å². The largest absolute Gasteiger partial charge is 0.549 e. The minimum absolute atomic E-state index is 0.242. The van der Waals surface area contributed by atoms with Gasteiger partial charge in [-0.05, 0) is 37.6 Å². The maximum Gasteiger partial charge on any atom is 0.330 e. The summed E-state index contributed by atoms with van der Waals surface area (Å²) in [6, 6.07) is 3.42. The summed E-state index contributed by atoms with van der Waals surface area (Å²) in [7, 11) is -0.172. The normalized spacial score (nSPS) is 14.3. The Balaban J connectivity index is 4.88. The Bertz CT molecular complexity index is 349. The summed E-state index contributed by atoms with van der Waals surface area (Å²) in [5, 5.41) is 0. The van der Waals surface area contributed by atoms with E-state index in [2.05, 4.69) is 33.8 Å². The molecule has 0 fully saturated rings. The van der Waals surface area contributed by atoms with E-state index in [0.717, 1.165) is 36.5 Å². The first-order chi connectivity index (χ1) is 9.98. The van der Waals surface area contributed by atoms with E-state index >= 15 is 0 Å². The van der Waals surface area contributed by atoms with E-state index < -0.39 is 8.32 Å². The molecule has 3 nitrogen and oxygen atoms in total. The molecule has 0 aliphatic heterocycles. The SMILES string of the molecule is CCCC(/C=C\O[Si](CC)(CC)CC)/C(C)=C/C(=O)OC. The van der Waals surface area contributed by atoms with Gasteiger partial charge < -0.3 is 9.16 Å². The molecular weight excluding hydrogens is 280 g/mol. The lowest BCUT2D eigenvalue weighted by molar-refractivity contribution is -0.134. The van der Waals surface area contributed by atoms with Crippen LogP contribution in [0, 0.1) is 5.92 Å². The van der Waals surface area contributed by atoms with Crippen molar-refractivity contribution < 1.29 is 14.0 Å². The first-order valence-electron chi connectivity index (χ1n) is 8.09. The van der Waals surface area contributed by atoms with Gasteiger partial charge >= 0.3 is 5.97 Å². The molecule has 0 aliphatic carbocycles. The molecule has 0 heterocycles. The van der Waals surface area contributed by atoms with Gasteiger partial charge in [0.25, 0.3) is 0 Å². The monoisotopic (exact) mass is 312 g/mol. The van der Waals surface area contributed by atoms with Crippen LogP contribution in [0.1, 0.15) is 47.5 Å². The zero-order valence-corrected chi connectivity index (χ0v) is 15.6. The summed E-state index contributed by atoms with van der Waals surface area (Å²) in [5.41, 5.74) is 1.03. The lowest BCUT2D eigenvalue weighted by atomic mass is 9.95. The average molecular weight is 313 g/mol. The van der Waals surface area contributed by atoms with E-state index in [1.165, 1.54) is 7.11 Å². The Morgan fingerprint density at radius 1 is 1.14 bits per heavy atom. The number of hydrogen-bond acceptors (Lipinski definition) is 3. The van der Waals surface area contributed by atoms with Crippen LogP contribution in [0.3, 0.4) is 0 Å². The van der Waals surface area contributed by atoms with E-state index in [1.54, 1.807) is 6.08 Å². The van der Waals surface area contributed by atoms with Crippen LogP contribution in [0.4, 0.5) is 0 Å². The Hall–Kier alpha value is -1.03. The predicted molar refractivity (Wildman–Crippen MR) is 91.6 cm³/mol. The van der Waals surface area contributed by atoms with Crippen LogP contribution in [0.15, 0.2) is 24.0 Å². The molecule has 0 saturated carbocycles. The summed E-state index contributed by atoms with van der Waals surface area (Å²) < 4.78 is 10.8. The zero-order chi connectivity index (χ0) is 16.3. The molecule has 0 spiro atoms. The summed E-state index contributed by atoms with van der Waals surface area (Å²) in [6.45, 7) is 10.8. The highest BCUT2D eigenvalue weighted by Crippen LogP contribution is 2.24. The predicted octanol–water partition coefficient (Wildman–Crippen LogP) is 5.06. The number of rotatable bonds is 10. The van der Waals surface area contributed by atoms with Crippen LogP contribution < -0.4 is 0 Å². The van der Waals surface area contributed by atoms with Crippen molar-refractivity contribution in [2.75, 3.05) is 7.11 Å². The Morgan fingerprint density at radius 2 is 1.71 bits per heavy atom. The van der Waals surface area contributed by atoms with Gasteiger partial charge in [0.2, 0.25) is 8.32 Å². The number of methoxy groups -OCH3 is 1. The third-order valence-corrected chi connectivity index (χ3v) is 8.80. The molecule has 0 N–H and O–H groups in total. The van der Waals surface area contributed by atoms with Gasteiger partial charge in [0.1, 0.15) is 0 Å². The molecule has 0 aliphatic rings. The van der Waals surface area contributed by atoms with Crippen molar-refractivity contribution in [3.63, 3.8) is 0 Å². The molecule has 0 radical (unpaired) electrons. The maximum atomic E-state index is 11.4. The molecule has 0 rings (SSSR count). The summed E-state index contributed by atoms with van der Waals surface area (Å²) in [6.07, 6.45) is 7.64. The number of hydrogen-bond donors (Lipinski definition) is 0. The van der Waals surface area contributed by atoms with Gasteiger partial charge in [0, 0.05) is 12.0 Å². The molecule has 21 heavy (non-hydrogen) atoms. The minimum atomic E-state index is -1.58. The molecule has 0 amide bonds. The van der Waals surface area contributed by atoms with E-state index in [1.807, 2.05) is 13.2 Å². The number of carbonyl (C=O) groups excluding carboxylic acids is 1. The van der Waals surface area contributed by atoms with E-state index in [-0.39, 0.29) is 11.9 Å². The quantitative estimate of drug-likeness (QED) is 0.245. The van der Waals surface area contributed by atoms with Crippen molar-refractivity contribution in [1.29, 1.82) is 0 Å². The topological polar surface area (TPSA) is 35.5 Å². The standard InChI is InChI=1S/C17H32O3Si/c1-7-11-16(15(5)14-17(18)19-6)12-13-20-21(8-2,9-3)10-4/h12-14,16H,7-11H2,1-6H3/b13-12-,15-14+. The van der Waals surface area contributed by atoms with E-state index in [9.17, 15) is 4.79 Å². The molecule has 1 unspecified atom stereocenters. The maximum absolute atomic E-state index is 11.4. The van der Waals surface area contributed by atoms with Gasteiger partial charge in [-0.25, -0.2) is 4.79 Å². The molecular formula is C17H32O3Si. The van der Waals surface area contributed by atoms with Crippen molar-refractivity contribution in [2.45, 2.75) is 65.6 Å². The fraction of sp³-hybridized carbons (Fsp3) is 0.706. The smallest absolute Gasteiger partial charge is 0.330 e. The van der Waals surface area contributed by atoms with E-state index in [0.29, 0.717) is 0 Å². The minimum Gasteiger partial charge on any atom is -0.549 e. The van der Waals surface area contributed by atoms with Crippen LogP contribution in [0.5, 0.6) is 0 Å². The summed E-state index contributed by atoms with van der Waals surface area (Å²) in [5.74, 6) is -0.0475. The number of carbonyl (C=O) groups is 1. The number of allylic oxidation sites excluding steroid dienone is 2. The fourth-order valence-electron chi connectivity index (χ4n) is 2.42. The van der Waals surface area contributed by atoms with Crippen molar-refractivity contribution in [1.82, 2.24) is 0 Å². The van der Waals surface area contributed by atoms with Gasteiger partial charge in [-0.3, -0.25) is 0 Å². The van der Waals surface area contributed by atoms with Crippen molar-refractivity contribution >= 4 is 14.3 Å². The van der Waals surface area contributed by atoms with E-state index in [4.69, 9.17) is 9.16 Å². The van der Waals surface area contributed by atoms with Crippen LogP contribution in [0.25, 0.3) is 0 Å². The van der Waals surface area contributed by atoms with Crippen LogP contribution in [-0.2, 0) is 14.0 Å². The Kier molecular flexibility index (Phi) is 10.1. The lowest BCUT2D eigenvalue weighted by Gasteiger charge is -2.27. The third kappa shape index (κ3) is 6.98. The Labute approximate surface area is 131 Å². The second kappa shape index (κ2) is 10.7. The summed E-state index contributed by atoms with van der Waals surface area (Å²) >= 11 is 0. The van der Waals surface area contributed by atoms with Crippen molar-refractivity contribution in [2.24, 2.45) is 5.92 Å². The number of esters is 1. The molecule has 0 saturated heterocycles. The molecule has 0 bridgehead atoms. The second-order valence-corrected chi connectivity index (χ2v) is 10.2. The van der Waals surface area contributed by atoms with Gasteiger partial charge in [0.15, 0.2) is 0 Å². The molecule has 4 heteroatoms. The first-order valence-corrected chi connectivity index (χ1v) is 10.6. The van der Waals surface area contributed by atoms with Crippen LogP contribution in [-0.4, -0.2) is 21.4 Å². The number of ether oxygens (including phenoxy) is 1. The second-order valence-electron chi connectivity index (χ2n) is 5.50. The van der Waals surface area contributed by atoms with Crippen LogP contribution in [0.2, 0.25) is 18.1 Å². The third-order valence-electron chi connectivity index (χ3n) is 4.29. The molecule has 0 aromatic carbocycles. The Morgan fingerprint density at radius 3 is 2.14 bits per heavy atom. The van der Waals surface area contributed by atoms with Gasteiger partial charge in [-0.15, -0.1) is 0 Å². The fourth-order valence-corrected chi connectivity index (χ4v) is 4.78. The first kappa shape index (κ1) is 20.0. The highest BCUT2D eigenvalue weighted by Gasteiger charge is 2.29.